The van der Waals surface area contributed by atoms with Crippen molar-refractivity contribution in [2.75, 3.05) is 42.6 Å². The van der Waals surface area contributed by atoms with Gasteiger partial charge in [-0.25, -0.2) is 8.42 Å². The lowest BCUT2D eigenvalue weighted by molar-refractivity contribution is 0.0739. The first kappa shape index (κ1) is 22.7. The summed E-state index contributed by atoms with van der Waals surface area (Å²) in [7, 11) is -3.08. The fourth-order valence-electron chi connectivity index (χ4n) is 4.83. The van der Waals surface area contributed by atoms with E-state index >= 15 is 0 Å². The molecule has 0 N–H and O–H groups in total. The van der Waals surface area contributed by atoms with E-state index in [4.69, 9.17) is 0 Å². The van der Waals surface area contributed by atoms with E-state index in [1.165, 1.54) is 11.3 Å². The van der Waals surface area contributed by atoms with Crippen molar-refractivity contribution in [3.8, 4) is 11.3 Å². The lowest BCUT2D eigenvalue weighted by atomic mass is 10.0. The van der Waals surface area contributed by atoms with Gasteiger partial charge in [0.15, 0.2) is 15.5 Å². The molecule has 0 saturated carbocycles. The van der Waals surface area contributed by atoms with Crippen molar-refractivity contribution in [2.24, 2.45) is 0 Å². The van der Waals surface area contributed by atoms with Crippen molar-refractivity contribution in [1.29, 1.82) is 0 Å². The van der Waals surface area contributed by atoms with E-state index in [-0.39, 0.29) is 23.5 Å². The van der Waals surface area contributed by atoms with Crippen LogP contribution >= 0.6 is 0 Å². The average molecular weight is 479 g/mol. The summed E-state index contributed by atoms with van der Waals surface area (Å²) in [6.07, 6.45) is 0.519. The molecule has 8 heteroatoms. The van der Waals surface area contributed by atoms with E-state index in [1.54, 1.807) is 4.68 Å². The Kier molecular flexibility index (Phi) is 5.93. The van der Waals surface area contributed by atoms with Crippen LogP contribution in [0.4, 0.5) is 5.69 Å². The number of aryl methyl sites for hydroxylation is 2. The van der Waals surface area contributed by atoms with Gasteiger partial charge >= 0.3 is 0 Å². The van der Waals surface area contributed by atoms with E-state index in [0.29, 0.717) is 25.2 Å². The molecule has 2 aliphatic rings. The Morgan fingerprint density at radius 3 is 2.32 bits per heavy atom. The van der Waals surface area contributed by atoms with Crippen LogP contribution in [0.3, 0.4) is 0 Å². The standard InChI is InChI=1S/C26H30N4O3S/c1-19-8-9-21(16-20(19)2)25-17-24(27-30(25)23-10-15-34(32,33)18-23)26(31)29-13-11-28(12-14-29)22-6-4-3-5-7-22/h3-9,16-17,23H,10-15,18H2,1-2H3/t23-/m1/s1. The molecule has 2 aliphatic heterocycles. The quantitative estimate of drug-likeness (QED) is 0.574. The first-order valence-corrected chi connectivity index (χ1v) is 13.6. The zero-order valence-electron chi connectivity index (χ0n) is 19.6. The summed E-state index contributed by atoms with van der Waals surface area (Å²) in [6, 6.07) is 18.0. The maximum Gasteiger partial charge on any atom is 0.274 e. The Morgan fingerprint density at radius 2 is 1.68 bits per heavy atom. The predicted molar refractivity (Wildman–Crippen MR) is 134 cm³/mol. The van der Waals surface area contributed by atoms with Gasteiger partial charge in [-0.1, -0.05) is 30.3 Å². The van der Waals surface area contributed by atoms with Gasteiger partial charge in [-0.15, -0.1) is 0 Å². The molecule has 0 unspecified atom stereocenters. The molecule has 1 amide bonds. The second-order valence-corrected chi connectivity index (χ2v) is 11.6. The summed E-state index contributed by atoms with van der Waals surface area (Å²) < 4.78 is 26.1. The molecule has 0 radical (unpaired) electrons. The number of para-hydroxylation sites is 1. The Labute approximate surface area is 200 Å². The monoisotopic (exact) mass is 478 g/mol. The minimum atomic E-state index is -3.08. The molecule has 2 fully saturated rings. The van der Waals surface area contributed by atoms with Gasteiger partial charge in [-0.05, 0) is 55.7 Å². The number of rotatable bonds is 4. The molecule has 2 aromatic carbocycles. The SMILES string of the molecule is Cc1ccc(-c2cc(C(=O)N3CCN(c4ccccc4)CC3)nn2[C@@H]2CCS(=O)(=O)C2)cc1C. The van der Waals surface area contributed by atoms with E-state index < -0.39 is 9.84 Å². The van der Waals surface area contributed by atoms with E-state index in [1.807, 2.05) is 35.2 Å². The minimum absolute atomic E-state index is 0.0654. The van der Waals surface area contributed by atoms with Crippen molar-refractivity contribution >= 4 is 21.4 Å². The summed E-state index contributed by atoms with van der Waals surface area (Å²) in [4.78, 5) is 17.5. The number of piperazine rings is 1. The Morgan fingerprint density at radius 1 is 0.941 bits per heavy atom. The van der Waals surface area contributed by atoms with Gasteiger partial charge in [0.25, 0.3) is 5.91 Å². The molecule has 1 atom stereocenters. The van der Waals surface area contributed by atoms with Gasteiger partial charge in [0.05, 0.1) is 23.2 Å². The van der Waals surface area contributed by atoms with Crippen molar-refractivity contribution < 1.29 is 13.2 Å². The number of anilines is 1. The first-order chi connectivity index (χ1) is 16.3. The number of hydrogen-bond acceptors (Lipinski definition) is 5. The summed E-state index contributed by atoms with van der Waals surface area (Å²) in [5.41, 5.74) is 5.63. The zero-order valence-corrected chi connectivity index (χ0v) is 20.5. The highest BCUT2D eigenvalue weighted by molar-refractivity contribution is 7.91. The molecule has 0 aliphatic carbocycles. The minimum Gasteiger partial charge on any atom is -0.368 e. The fourth-order valence-corrected chi connectivity index (χ4v) is 6.52. The molecule has 2 saturated heterocycles. The first-order valence-electron chi connectivity index (χ1n) is 11.8. The van der Waals surface area contributed by atoms with Gasteiger partial charge in [0.1, 0.15) is 0 Å². The lowest BCUT2D eigenvalue weighted by Gasteiger charge is -2.35. The maximum absolute atomic E-state index is 13.4. The lowest BCUT2D eigenvalue weighted by Crippen LogP contribution is -2.48. The highest BCUT2D eigenvalue weighted by Crippen LogP contribution is 2.31. The molecule has 1 aromatic heterocycles. The Hall–Kier alpha value is -3.13. The third kappa shape index (κ3) is 4.46. The third-order valence-corrected chi connectivity index (χ3v) is 8.75. The second kappa shape index (κ2) is 8.91. The maximum atomic E-state index is 13.4. The molecular formula is C26H30N4O3S. The van der Waals surface area contributed by atoms with Gasteiger partial charge in [-0.2, -0.15) is 5.10 Å². The molecule has 5 rings (SSSR count). The predicted octanol–water partition coefficient (Wildman–Crippen LogP) is 3.49. The molecule has 34 heavy (non-hydrogen) atoms. The number of sulfone groups is 1. The highest BCUT2D eigenvalue weighted by atomic mass is 32.2. The number of carbonyl (C=O) groups excluding carboxylic acids is 1. The largest absolute Gasteiger partial charge is 0.368 e. The number of amides is 1. The molecule has 3 aromatic rings. The van der Waals surface area contributed by atoms with E-state index in [2.05, 4.69) is 48.1 Å². The normalized spacial score (nSPS) is 20.0. The van der Waals surface area contributed by atoms with E-state index in [9.17, 15) is 13.2 Å². The number of benzene rings is 2. The summed E-state index contributed by atoms with van der Waals surface area (Å²) in [5.74, 6) is 0.127. The van der Waals surface area contributed by atoms with E-state index in [0.717, 1.165) is 29.9 Å². The van der Waals surface area contributed by atoms with Crippen molar-refractivity contribution in [1.82, 2.24) is 14.7 Å². The van der Waals surface area contributed by atoms with Crippen LogP contribution < -0.4 is 4.90 Å². The molecule has 3 heterocycles. The Bertz CT molecular complexity index is 1310. The van der Waals surface area contributed by atoms with Crippen LogP contribution in [0.5, 0.6) is 0 Å². The van der Waals surface area contributed by atoms with Crippen molar-refractivity contribution in [3.05, 3.63) is 71.4 Å². The third-order valence-electron chi connectivity index (χ3n) is 7.00. The smallest absolute Gasteiger partial charge is 0.274 e. The van der Waals surface area contributed by atoms with Crippen LogP contribution in [0.2, 0.25) is 0 Å². The van der Waals surface area contributed by atoms with Crippen molar-refractivity contribution in [2.45, 2.75) is 26.3 Å². The molecule has 0 bridgehead atoms. The number of aromatic nitrogens is 2. The fraction of sp³-hybridized carbons (Fsp3) is 0.385. The topological polar surface area (TPSA) is 75.5 Å². The average Bonchev–Trinajstić information content (AvgIpc) is 3.44. The number of carbonyl (C=O) groups is 1. The van der Waals surface area contributed by atoms with Gasteiger partial charge in [0.2, 0.25) is 0 Å². The highest BCUT2D eigenvalue weighted by Gasteiger charge is 2.33. The summed E-state index contributed by atoms with van der Waals surface area (Å²) in [5, 5.41) is 4.69. The zero-order chi connectivity index (χ0) is 23.9. The van der Waals surface area contributed by atoms with Crippen molar-refractivity contribution in [3.63, 3.8) is 0 Å². The van der Waals surface area contributed by atoms with Crippen LogP contribution in [-0.4, -0.2) is 66.7 Å². The Balaban J connectivity index is 1.41. The molecule has 0 spiro atoms. The molecule has 178 valence electrons. The molecule has 7 nitrogen and oxygen atoms in total. The van der Waals surface area contributed by atoms with Crippen LogP contribution in [0.15, 0.2) is 54.6 Å². The number of hydrogen-bond donors (Lipinski definition) is 0. The number of nitrogens with zero attached hydrogens (tertiary/aromatic N) is 4. The summed E-state index contributed by atoms with van der Waals surface area (Å²) >= 11 is 0. The van der Waals surface area contributed by atoms with Gasteiger partial charge < -0.3 is 9.80 Å². The summed E-state index contributed by atoms with van der Waals surface area (Å²) in [6.45, 7) is 6.89. The van der Waals surface area contributed by atoms with Crippen LogP contribution in [-0.2, 0) is 9.84 Å². The van der Waals surface area contributed by atoms with Crippen LogP contribution in [0.25, 0.3) is 11.3 Å². The van der Waals surface area contributed by atoms with Gasteiger partial charge in [0, 0.05) is 37.4 Å². The van der Waals surface area contributed by atoms with Crippen LogP contribution in [0.1, 0.15) is 34.1 Å². The second-order valence-electron chi connectivity index (χ2n) is 9.33. The van der Waals surface area contributed by atoms with Crippen LogP contribution in [0, 0.1) is 13.8 Å². The van der Waals surface area contributed by atoms with Gasteiger partial charge in [-0.3, -0.25) is 9.48 Å². The molecular weight excluding hydrogens is 448 g/mol.